The number of rotatable bonds is 6. The van der Waals surface area contributed by atoms with Crippen LogP contribution in [-0.4, -0.2) is 22.2 Å². The first-order valence-electron chi connectivity index (χ1n) is 7.97. The molecule has 0 unspecified atom stereocenters. The lowest BCUT2D eigenvalue weighted by atomic mass is 10.1. The molecule has 0 aliphatic heterocycles. The average Bonchev–Trinajstić information content (AvgIpc) is 2.91. The van der Waals surface area contributed by atoms with E-state index >= 15 is 0 Å². The van der Waals surface area contributed by atoms with Crippen LogP contribution in [0.3, 0.4) is 0 Å². The van der Waals surface area contributed by atoms with Gasteiger partial charge in [0.15, 0.2) is 0 Å². The summed E-state index contributed by atoms with van der Waals surface area (Å²) >= 11 is 0. The molecule has 0 atom stereocenters. The molecule has 0 saturated heterocycles. The van der Waals surface area contributed by atoms with E-state index in [-0.39, 0.29) is 5.91 Å². The zero-order chi connectivity index (χ0) is 16.1. The van der Waals surface area contributed by atoms with Crippen molar-refractivity contribution in [1.29, 1.82) is 0 Å². The van der Waals surface area contributed by atoms with Crippen LogP contribution in [0.5, 0.6) is 0 Å². The summed E-state index contributed by atoms with van der Waals surface area (Å²) in [5, 5.41) is 8.65. The summed E-state index contributed by atoms with van der Waals surface area (Å²) in [6, 6.07) is 18.3. The highest BCUT2D eigenvalue weighted by molar-refractivity contribution is 5.82. The topological polar surface area (TPSA) is 46.9 Å². The lowest BCUT2D eigenvalue weighted by Gasteiger charge is -2.06. The molecular formula is C19H21N3O. The Hall–Kier alpha value is -2.62. The van der Waals surface area contributed by atoms with E-state index in [0.29, 0.717) is 19.5 Å². The zero-order valence-corrected chi connectivity index (χ0v) is 13.3. The monoisotopic (exact) mass is 307 g/mol. The van der Waals surface area contributed by atoms with Gasteiger partial charge < -0.3 is 5.32 Å². The van der Waals surface area contributed by atoms with Crippen molar-refractivity contribution in [2.45, 2.75) is 26.3 Å². The van der Waals surface area contributed by atoms with E-state index in [1.807, 2.05) is 48.0 Å². The maximum Gasteiger partial charge on any atom is 0.221 e. The molecule has 1 aromatic heterocycles. The highest BCUT2D eigenvalue weighted by atomic mass is 16.1. The van der Waals surface area contributed by atoms with Gasteiger partial charge in [0.05, 0.1) is 17.8 Å². The Morgan fingerprint density at radius 2 is 1.83 bits per heavy atom. The van der Waals surface area contributed by atoms with Gasteiger partial charge in [0.2, 0.25) is 5.91 Å². The molecule has 0 aliphatic rings. The molecule has 4 nitrogen and oxygen atoms in total. The molecular weight excluding hydrogens is 286 g/mol. The molecule has 1 N–H and O–H groups in total. The first-order chi connectivity index (χ1) is 11.2. The largest absolute Gasteiger partial charge is 0.356 e. The van der Waals surface area contributed by atoms with E-state index in [1.54, 1.807) is 0 Å². The van der Waals surface area contributed by atoms with Gasteiger partial charge in [-0.3, -0.25) is 9.48 Å². The number of nitrogens with zero attached hydrogens (tertiary/aromatic N) is 2. The number of aromatic nitrogens is 2. The number of carbonyl (C=O) groups excluding carboxylic acids is 1. The molecule has 23 heavy (non-hydrogen) atoms. The van der Waals surface area contributed by atoms with Crippen molar-refractivity contribution in [3.05, 3.63) is 65.9 Å². The number of amides is 1. The number of carbonyl (C=O) groups is 1. The van der Waals surface area contributed by atoms with Crippen LogP contribution in [0, 0.1) is 6.92 Å². The fourth-order valence-electron chi connectivity index (χ4n) is 2.75. The summed E-state index contributed by atoms with van der Waals surface area (Å²) in [6.45, 7) is 3.27. The molecule has 1 heterocycles. The SMILES string of the molecule is Cc1nn(CCC(=O)NCCc2ccccc2)c2ccccc12. The van der Waals surface area contributed by atoms with Crippen LogP contribution in [0.15, 0.2) is 54.6 Å². The summed E-state index contributed by atoms with van der Waals surface area (Å²) in [5.41, 5.74) is 3.33. The Morgan fingerprint density at radius 3 is 2.65 bits per heavy atom. The third-order valence-electron chi connectivity index (χ3n) is 3.97. The van der Waals surface area contributed by atoms with Gasteiger partial charge in [-0.2, -0.15) is 5.10 Å². The quantitative estimate of drug-likeness (QED) is 0.760. The van der Waals surface area contributed by atoms with E-state index in [9.17, 15) is 4.79 Å². The van der Waals surface area contributed by atoms with Crippen molar-refractivity contribution < 1.29 is 4.79 Å². The number of aryl methyl sites for hydroxylation is 2. The number of hydrogen-bond donors (Lipinski definition) is 1. The molecule has 0 bridgehead atoms. The van der Waals surface area contributed by atoms with Gasteiger partial charge in [-0.15, -0.1) is 0 Å². The molecule has 0 fully saturated rings. The molecule has 0 radical (unpaired) electrons. The highest BCUT2D eigenvalue weighted by Crippen LogP contribution is 2.17. The van der Waals surface area contributed by atoms with E-state index in [1.165, 1.54) is 5.56 Å². The lowest BCUT2D eigenvalue weighted by molar-refractivity contribution is -0.121. The number of benzene rings is 2. The fourth-order valence-corrected chi connectivity index (χ4v) is 2.75. The Morgan fingerprint density at radius 1 is 1.09 bits per heavy atom. The molecule has 0 saturated carbocycles. The third kappa shape index (κ3) is 3.77. The normalized spacial score (nSPS) is 10.8. The Bertz CT molecular complexity index is 793. The highest BCUT2D eigenvalue weighted by Gasteiger charge is 2.08. The second kappa shape index (κ2) is 7.09. The van der Waals surface area contributed by atoms with Gasteiger partial charge in [-0.25, -0.2) is 0 Å². The Kier molecular flexibility index (Phi) is 4.71. The number of hydrogen-bond acceptors (Lipinski definition) is 2. The van der Waals surface area contributed by atoms with Crippen molar-refractivity contribution in [2.75, 3.05) is 6.54 Å². The molecule has 2 aromatic carbocycles. The summed E-state index contributed by atoms with van der Waals surface area (Å²) in [4.78, 5) is 12.0. The standard InChI is InChI=1S/C19H21N3O/c1-15-17-9-5-6-10-18(17)22(21-15)14-12-19(23)20-13-11-16-7-3-2-4-8-16/h2-10H,11-14H2,1H3,(H,20,23). The summed E-state index contributed by atoms with van der Waals surface area (Å²) in [5.74, 6) is 0.0677. The van der Waals surface area contributed by atoms with Crippen molar-refractivity contribution >= 4 is 16.8 Å². The lowest BCUT2D eigenvalue weighted by Crippen LogP contribution is -2.26. The second-order valence-corrected chi connectivity index (χ2v) is 5.66. The third-order valence-corrected chi connectivity index (χ3v) is 3.97. The van der Waals surface area contributed by atoms with Crippen LogP contribution in [0.1, 0.15) is 17.7 Å². The van der Waals surface area contributed by atoms with Crippen LogP contribution in [0.4, 0.5) is 0 Å². The van der Waals surface area contributed by atoms with Crippen molar-refractivity contribution in [3.8, 4) is 0 Å². The number of para-hydroxylation sites is 1. The number of fused-ring (bicyclic) bond motifs is 1. The minimum Gasteiger partial charge on any atom is -0.356 e. The van der Waals surface area contributed by atoms with Crippen LogP contribution in [0.25, 0.3) is 10.9 Å². The van der Waals surface area contributed by atoms with Crippen molar-refractivity contribution in [3.63, 3.8) is 0 Å². The second-order valence-electron chi connectivity index (χ2n) is 5.66. The van der Waals surface area contributed by atoms with Crippen LogP contribution in [0.2, 0.25) is 0 Å². The zero-order valence-electron chi connectivity index (χ0n) is 13.3. The maximum absolute atomic E-state index is 12.0. The van der Waals surface area contributed by atoms with Crippen LogP contribution in [-0.2, 0) is 17.8 Å². The van der Waals surface area contributed by atoms with Crippen LogP contribution >= 0.6 is 0 Å². The fraction of sp³-hybridized carbons (Fsp3) is 0.263. The number of nitrogens with one attached hydrogen (secondary N) is 1. The molecule has 3 aromatic rings. The average molecular weight is 307 g/mol. The minimum atomic E-state index is 0.0677. The smallest absolute Gasteiger partial charge is 0.221 e. The van der Waals surface area contributed by atoms with Gasteiger partial charge in [0.1, 0.15) is 0 Å². The van der Waals surface area contributed by atoms with Crippen molar-refractivity contribution in [1.82, 2.24) is 15.1 Å². The summed E-state index contributed by atoms with van der Waals surface area (Å²) in [6.07, 6.45) is 1.30. The van der Waals surface area contributed by atoms with Crippen LogP contribution < -0.4 is 5.32 Å². The van der Waals surface area contributed by atoms with Gasteiger partial charge in [-0.1, -0.05) is 48.5 Å². The minimum absolute atomic E-state index is 0.0677. The van der Waals surface area contributed by atoms with E-state index in [4.69, 9.17) is 0 Å². The molecule has 0 spiro atoms. The van der Waals surface area contributed by atoms with Gasteiger partial charge in [0, 0.05) is 18.4 Å². The van der Waals surface area contributed by atoms with Crippen molar-refractivity contribution in [2.24, 2.45) is 0 Å². The maximum atomic E-state index is 12.0. The Balaban J connectivity index is 1.50. The predicted octanol–water partition coefficient (Wildman–Crippen LogP) is 3.09. The molecule has 1 amide bonds. The van der Waals surface area contributed by atoms with Gasteiger partial charge >= 0.3 is 0 Å². The van der Waals surface area contributed by atoms with E-state index in [2.05, 4.69) is 28.6 Å². The predicted molar refractivity (Wildman–Crippen MR) is 92.2 cm³/mol. The molecule has 3 rings (SSSR count). The van der Waals surface area contributed by atoms with Gasteiger partial charge in [0.25, 0.3) is 0 Å². The molecule has 118 valence electrons. The molecule has 0 aliphatic carbocycles. The van der Waals surface area contributed by atoms with E-state index < -0.39 is 0 Å². The first-order valence-corrected chi connectivity index (χ1v) is 7.97. The van der Waals surface area contributed by atoms with Gasteiger partial charge in [-0.05, 0) is 25.0 Å². The Labute approximate surface area is 136 Å². The summed E-state index contributed by atoms with van der Waals surface area (Å²) in [7, 11) is 0. The first kappa shape index (κ1) is 15.3. The summed E-state index contributed by atoms with van der Waals surface area (Å²) < 4.78 is 1.92. The van der Waals surface area contributed by atoms with E-state index in [0.717, 1.165) is 23.0 Å². The molecule has 4 heteroatoms.